The molecule has 8 atom stereocenters. The lowest BCUT2D eigenvalue weighted by Gasteiger charge is -2.37. The smallest absolute Gasteiger partial charge is 0.324 e. The Bertz CT molecular complexity index is 2010. The molecule has 4 heterocycles. The predicted molar refractivity (Wildman–Crippen MR) is 239 cm³/mol. The molecule has 1 unspecified atom stereocenters. The van der Waals surface area contributed by atoms with Crippen molar-refractivity contribution >= 4 is 57.3 Å². The van der Waals surface area contributed by atoms with Crippen LogP contribution in [0.5, 0.6) is 0 Å². The number of hydrazine groups is 1. The molecule has 0 spiro atoms. The molecular formula is C46H66N6O7S. The van der Waals surface area contributed by atoms with Crippen LogP contribution in [0.4, 0.5) is 0 Å². The number of thioether (sulfide) groups is 1. The fourth-order valence-electron chi connectivity index (χ4n) is 8.76. The molecule has 13 nitrogen and oxygen atoms in total. The van der Waals surface area contributed by atoms with Crippen LogP contribution in [0.3, 0.4) is 0 Å². The van der Waals surface area contributed by atoms with Crippen molar-refractivity contribution in [3.05, 3.63) is 53.4 Å². The summed E-state index contributed by atoms with van der Waals surface area (Å²) in [5.74, 6) is -0.0863. The first-order valence-corrected chi connectivity index (χ1v) is 22.6. The number of carbonyl (C=O) groups excluding carboxylic acids is 3. The number of nitrogens with one attached hydrogen (secondary N) is 2. The van der Waals surface area contributed by atoms with Crippen LogP contribution in [0.2, 0.25) is 0 Å². The lowest BCUT2D eigenvalue weighted by molar-refractivity contribution is -0.156. The minimum Gasteiger partial charge on any atom is -0.464 e. The molecule has 4 aliphatic rings. The average molecular weight is 847 g/mol. The summed E-state index contributed by atoms with van der Waals surface area (Å²) in [6.45, 7) is 24.3. The second-order valence-electron chi connectivity index (χ2n) is 17.6. The van der Waals surface area contributed by atoms with Crippen LogP contribution < -0.4 is 10.7 Å². The summed E-state index contributed by atoms with van der Waals surface area (Å²) >= 11 is 1.55. The second kappa shape index (κ2) is 19.5. The maximum Gasteiger partial charge on any atom is 0.324 e. The summed E-state index contributed by atoms with van der Waals surface area (Å²) < 4.78 is 26.8. The number of hydrogen-bond acceptors (Lipinski definition) is 11. The fourth-order valence-corrected chi connectivity index (χ4v) is 9.93. The third-order valence-corrected chi connectivity index (χ3v) is 13.5. The zero-order valence-corrected chi connectivity index (χ0v) is 38.0. The molecule has 1 saturated heterocycles. The SMILES string of the molecule is C=C/C(=C(\N=C/C)[C@H](C)OC)c1c2c3cc(ccc3n1CCOC(C)C)C1CSC(=N1)[C@@H](OCC)[C@H](NC(=O)[C@H]1[C@H](C)[C@@H]1C)C(=O)N1CCC[C@H](N1)C(=O)OCC(C)(C)C2. The quantitative estimate of drug-likeness (QED) is 0.128. The summed E-state index contributed by atoms with van der Waals surface area (Å²) in [6.07, 6.45) is 4.17. The number of esters is 1. The van der Waals surface area contributed by atoms with Gasteiger partial charge in [-0.1, -0.05) is 46.4 Å². The number of benzene rings is 1. The molecule has 6 rings (SSSR count). The minimum absolute atomic E-state index is 0.0522. The molecule has 6 bridgehead atoms. The Kier molecular flexibility index (Phi) is 14.8. The number of hydrogen-bond donors (Lipinski definition) is 2. The van der Waals surface area contributed by atoms with Gasteiger partial charge in [0.05, 0.1) is 42.9 Å². The van der Waals surface area contributed by atoms with Crippen molar-refractivity contribution in [3.63, 3.8) is 0 Å². The Hall–Kier alpha value is -3.82. The maximum atomic E-state index is 14.6. The molecular weight excluding hydrogens is 781 g/mol. The molecule has 1 aliphatic carbocycles. The van der Waals surface area contributed by atoms with Crippen molar-refractivity contribution in [1.29, 1.82) is 0 Å². The number of allylic oxidation sites excluding steroid dienone is 2. The van der Waals surface area contributed by atoms with Gasteiger partial charge in [-0.3, -0.25) is 29.4 Å². The lowest BCUT2D eigenvalue weighted by Crippen LogP contribution is -2.63. The number of rotatable bonds is 13. The maximum absolute atomic E-state index is 14.6. The van der Waals surface area contributed by atoms with Crippen LogP contribution in [0, 0.1) is 23.2 Å². The van der Waals surface area contributed by atoms with Crippen molar-refractivity contribution in [2.75, 3.05) is 39.2 Å². The number of fused-ring (bicyclic) bond motifs is 5. The van der Waals surface area contributed by atoms with Gasteiger partial charge in [0, 0.05) is 66.6 Å². The van der Waals surface area contributed by atoms with Gasteiger partial charge in [-0.15, -0.1) is 11.8 Å². The van der Waals surface area contributed by atoms with E-state index in [1.54, 1.807) is 25.1 Å². The number of aliphatic imine (C=N–C) groups is 2. The molecule has 3 aliphatic heterocycles. The minimum atomic E-state index is -1.06. The molecule has 1 aromatic carbocycles. The van der Waals surface area contributed by atoms with E-state index in [0.29, 0.717) is 56.4 Å². The Labute approximate surface area is 360 Å². The first-order valence-electron chi connectivity index (χ1n) is 21.7. The molecule has 0 radical (unpaired) electrons. The number of ether oxygens (including phenoxy) is 4. The highest BCUT2D eigenvalue weighted by molar-refractivity contribution is 8.14. The van der Waals surface area contributed by atoms with E-state index < -0.39 is 29.6 Å². The summed E-state index contributed by atoms with van der Waals surface area (Å²) in [5, 5.41) is 6.27. The monoisotopic (exact) mass is 846 g/mol. The standard InChI is InChI=1S/C46H66N6O7S/c1-12-31(38(47-13-2)29(8)56-11)40-33-23-46(9,10)25-59-45(55)34-16-15-19-52(50-34)44(54)39(49-42(53)37-27(6)28(37)7)41(57-14-3)43-48-35(24-60-43)30-17-18-36(32(33)22-30)51(40)20-21-58-26(4)5/h12-13,17-18,22,26-29,34-35,37,39,41,50H,1,14-16,19-21,23-25H2,2-11H3,(H,49,53)/b38-31+,47-13-/t27-,28+,29-,34-,35?,37+,39-,41-/m0/s1. The van der Waals surface area contributed by atoms with Crippen LogP contribution in [-0.2, 0) is 46.3 Å². The van der Waals surface area contributed by atoms with Gasteiger partial charge in [0.2, 0.25) is 5.91 Å². The molecule has 328 valence electrons. The van der Waals surface area contributed by atoms with Gasteiger partial charge < -0.3 is 28.8 Å². The van der Waals surface area contributed by atoms with Gasteiger partial charge in [0.25, 0.3) is 5.91 Å². The van der Waals surface area contributed by atoms with Crippen LogP contribution in [0.15, 0.2) is 46.5 Å². The van der Waals surface area contributed by atoms with Crippen molar-refractivity contribution in [3.8, 4) is 0 Å². The Morgan fingerprint density at radius 2 is 1.97 bits per heavy atom. The molecule has 2 N–H and O–H groups in total. The zero-order valence-electron chi connectivity index (χ0n) is 37.2. The Morgan fingerprint density at radius 3 is 2.62 bits per heavy atom. The van der Waals surface area contributed by atoms with Gasteiger partial charge >= 0.3 is 5.97 Å². The van der Waals surface area contributed by atoms with Crippen molar-refractivity contribution in [2.45, 2.75) is 125 Å². The largest absolute Gasteiger partial charge is 0.464 e. The number of carbonyl (C=O) groups is 3. The van der Waals surface area contributed by atoms with E-state index in [0.717, 1.165) is 39.0 Å². The number of amides is 2. The van der Waals surface area contributed by atoms with E-state index in [-0.39, 0.29) is 54.4 Å². The Balaban J connectivity index is 1.55. The van der Waals surface area contributed by atoms with E-state index >= 15 is 0 Å². The first-order chi connectivity index (χ1) is 28.6. The van der Waals surface area contributed by atoms with E-state index in [9.17, 15) is 14.4 Å². The highest BCUT2D eigenvalue weighted by Crippen LogP contribution is 2.46. The highest BCUT2D eigenvalue weighted by atomic mass is 32.2. The molecule has 1 saturated carbocycles. The van der Waals surface area contributed by atoms with Crippen molar-refractivity contribution in [2.24, 2.45) is 33.2 Å². The zero-order chi connectivity index (χ0) is 43.5. The molecule has 1 aromatic heterocycles. The summed E-state index contributed by atoms with van der Waals surface area (Å²) in [6, 6.07) is 4.49. The van der Waals surface area contributed by atoms with Crippen molar-refractivity contribution in [1.82, 2.24) is 20.3 Å². The fraction of sp³-hybridized carbons (Fsp3) is 0.630. The van der Waals surface area contributed by atoms with E-state index in [4.69, 9.17) is 28.9 Å². The molecule has 14 heteroatoms. The summed E-state index contributed by atoms with van der Waals surface area (Å²) in [5.41, 5.74) is 8.33. The summed E-state index contributed by atoms with van der Waals surface area (Å²) in [7, 11) is 1.68. The van der Waals surface area contributed by atoms with E-state index in [2.05, 4.69) is 67.8 Å². The topological polar surface area (TPSA) is 145 Å². The average Bonchev–Trinajstić information content (AvgIpc) is 3.50. The third-order valence-electron chi connectivity index (χ3n) is 12.3. The highest BCUT2D eigenvalue weighted by Gasteiger charge is 2.50. The Morgan fingerprint density at radius 1 is 1.22 bits per heavy atom. The van der Waals surface area contributed by atoms with Gasteiger partial charge in [0.15, 0.2) is 0 Å². The number of methoxy groups -OCH3 is 1. The molecule has 2 aromatic rings. The second-order valence-corrected chi connectivity index (χ2v) is 18.6. The van der Waals surface area contributed by atoms with Crippen LogP contribution >= 0.6 is 11.8 Å². The van der Waals surface area contributed by atoms with Gasteiger partial charge in [0.1, 0.15) is 23.2 Å². The number of aromatic nitrogens is 1. The summed E-state index contributed by atoms with van der Waals surface area (Å²) in [4.78, 5) is 52.4. The van der Waals surface area contributed by atoms with Crippen LogP contribution in [0.1, 0.15) is 98.0 Å². The van der Waals surface area contributed by atoms with E-state index in [1.165, 1.54) is 5.01 Å². The van der Waals surface area contributed by atoms with Gasteiger partial charge in [-0.05, 0) is 89.0 Å². The van der Waals surface area contributed by atoms with Gasteiger partial charge in [-0.25, -0.2) is 5.43 Å². The third kappa shape index (κ3) is 9.78. The number of nitrogens with zero attached hydrogens (tertiary/aromatic N) is 4. The van der Waals surface area contributed by atoms with Crippen LogP contribution in [0.25, 0.3) is 16.5 Å². The van der Waals surface area contributed by atoms with Gasteiger partial charge in [-0.2, -0.15) is 0 Å². The first kappa shape index (κ1) is 45.7. The lowest BCUT2D eigenvalue weighted by atomic mass is 9.84. The van der Waals surface area contributed by atoms with Crippen LogP contribution in [-0.4, -0.2) is 108 Å². The van der Waals surface area contributed by atoms with Crippen molar-refractivity contribution < 1.29 is 33.3 Å². The molecule has 2 amide bonds. The predicted octanol–water partition coefficient (Wildman–Crippen LogP) is 6.69. The molecule has 2 fully saturated rings. The number of cyclic esters (lactones) is 1. The normalized spacial score (nSPS) is 28.0. The molecule has 60 heavy (non-hydrogen) atoms. The van der Waals surface area contributed by atoms with E-state index in [1.807, 2.05) is 40.7 Å².